The third-order valence-electron chi connectivity index (χ3n) is 5.39. The number of nitrogens with one attached hydrogen (secondary N) is 1. The first-order valence-corrected chi connectivity index (χ1v) is 11.0. The summed E-state index contributed by atoms with van der Waals surface area (Å²) in [5.41, 5.74) is 1.33. The predicted octanol–water partition coefficient (Wildman–Crippen LogP) is 2.27. The first kappa shape index (κ1) is 20.8. The number of hydrogen-bond donors (Lipinski definition) is 1. The van der Waals surface area contributed by atoms with Crippen molar-refractivity contribution in [2.24, 2.45) is 0 Å². The average Bonchev–Trinajstić information content (AvgIpc) is 3.14. The summed E-state index contributed by atoms with van der Waals surface area (Å²) < 4.78 is 0. The van der Waals surface area contributed by atoms with E-state index in [-0.39, 0.29) is 28.7 Å². The Morgan fingerprint density at radius 1 is 0.903 bits per heavy atom. The summed E-state index contributed by atoms with van der Waals surface area (Å²) in [4.78, 5) is 65.2. The molecule has 0 bridgehead atoms. The Kier molecular flexibility index (Phi) is 5.36. The fraction of sp³-hybridized carbons (Fsp3) is 0.227. The summed E-state index contributed by atoms with van der Waals surface area (Å²) in [6.07, 6.45) is 2.15. The van der Waals surface area contributed by atoms with Crippen molar-refractivity contribution in [1.29, 1.82) is 0 Å². The molecule has 9 heteroatoms. The Morgan fingerprint density at radius 3 is 2.10 bits per heavy atom. The van der Waals surface area contributed by atoms with E-state index in [1.165, 1.54) is 37.0 Å². The number of carbonyl (C=O) groups excluding carboxylic acids is 5. The Morgan fingerprint density at radius 2 is 1.48 bits per heavy atom. The van der Waals surface area contributed by atoms with Gasteiger partial charge in [0.05, 0.1) is 22.3 Å². The van der Waals surface area contributed by atoms with Gasteiger partial charge in [-0.2, -0.15) is 11.8 Å². The van der Waals surface area contributed by atoms with Gasteiger partial charge < -0.3 is 5.32 Å². The average molecular weight is 437 g/mol. The number of carbonyl (C=O) groups is 5. The molecule has 0 saturated carbocycles. The lowest BCUT2D eigenvalue weighted by Crippen LogP contribution is -2.47. The number of thioether (sulfide) groups is 1. The van der Waals surface area contributed by atoms with Gasteiger partial charge >= 0.3 is 0 Å². The molecule has 2 aliphatic rings. The molecule has 2 aromatic rings. The van der Waals surface area contributed by atoms with Crippen molar-refractivity contribution in [3.05, 3.63) is 64.7 Å². The number of fused-ring (bicyclic) bond motifs is 2. The van der Waals surface area contributed by atoms with Crippen LogP contribution >= 0.6 is 11.8 Å². The molecule has 2 heterocycles. The number of rotatable bonds is 6. The van der Waals surface area contributed by atoms with Crippen molar-refractivity contribution in [1.82, 2.24) is 9.80 Å². The van der Waals surface area contributed by atoms with Gasteiger partial charge in [0.25, 0.3) is 23.6 Å². The zero-order valence-corrected chi connectivity index (χ0v) is 17.7. The van der Waals surface area contributed by atoms with E-state index in [4.69, 9.17) is 0 Å². The molecule has 5 amide bonds. The molecule has 2 aliphatic heterocycles. The van der Waals surface area contributed by atoms with Gasteiger partial charge in [-0.3, -0.25) is 33.8 Å². The lowest BCUT2D eigenvalue weighted by atomic mass is 10.1. The molecular formula is C22H19N3O5S. The second-order valence-corrected chi connectivity index (χ2v) is 8.23. The van der Waals surface area contributed by atoms with Gasteiger partial charge in [-0.1, -0.05) is 12.1 Å². The highest BCUT2D eigenvalue weighted by molar-refractivity contribution is 7.98. The number of imide groups is 2. The van der Waals surface area contributed by atoms with Crippen molar-refractivity contribution < 1.29 is 24.0 Å². The van der Waals surface area contributed by atoms with Crippen molar-refractivity contribution in [2.75, 3.05) is 24.4 Å². The summed E-state index contributed by atoms with van der Waals surface area (Å²) in [7, 11) is 1.39. The first-order valence-electron chi connectivity index (χ1n) is 9.58. The van der Waals surface area contributed by atoms with Gasteiger partial charge in [0.1, 0.15) is 6.04 Å². The zero-order valence-electron chi connectivity index (χ0n) is 16.9. The number of amides is 5. The molecule has 0 fully saturated rings. The summed E-state index contributed by atoms with van der Waals surface area (Å²) in [5, 5.41) is 2.70. The van der Waals surface area contributed by atoms with Crippen LogP contribution in [-0.2, 0) is 4.79 Å². The normalized spacial score (nSPS) is 15.9. The highest BCUT2D eigenvalue weighted by Crippen LogP contribution is 2.28. The van der Waals surface area contributed by atoms with Gasteiger partial charge in [-0.25, -0.2) is 0 Å². The summed E-state index contributed by atoms with van der Waals surface area (Å²) in [6.45, 7) is 0. The molecule has 31 heavy (non-hydrogen) atoms. The molecule has 0 spiro atoms. The van der Waals surface area contributed by atoms with Gasteiger partial charge in [0, 0.05) is 12.7 Å². The van der Waals surface area contributed by atoms with Crippen LogP contribution in [0.1, 0.15) is 47.9 Å². The van der Waals surface area contributed by atoms with E-state index in [0.29, 0.717) is 11.4 Å². The van der Waals surface area contributed by atoms with Gasteiger partial charge in [-0.05, 0) is 48.8 Å². The lowest BCUT2D eigenvalue weighted by Gasteiger charge is -2.25. The van der Waals surface area contributed by atoms with E-state index < -0.39 is 35.6 Å². The topological polar surface area (TPSA) is 104 Å². The van der Waals surface area contributed by atoms with Crippen LogP contribution in [0.4, 0.5) is 5.69 Å². The van der Waals surface area contributed by atoms with Crippen LogP contribution in [0.2, 0.25) is 0 Å². The summed E-state index contributed by atoms with van der Waals surface area (Å²) in [6, 6.07) is 9.91. The van der Waals surface area contributed by atoms with Crippen LogP contribution < -0.4 is 5.32 Å². The molecule has 1 N–H and O–H groups in total. The van der Waals surface area contributed by atoms with Gasteiger partial charge in [0.2, 0.25) is 5.91 Å². The molecule has 0 radical (unpaired) electrons. The Balaban J connectivity index is 1.61. The number of benzene rings is 2. The minimum Gasteiger partial charge on any atom is -0.324 e. The zero-order chi connectivity index (χ0) is 22.3. The quantitative estimate of drug-likeness (QED) is 0.696. The van der Waals surface area contributed by atoms with Crippen LogP contribution in [-0.4, -0.2) is 64.4 Å². The fourth-order valence-corrected chi connectivity index (χ4v) is 4.22. The van der Waals surface area contributed by atoms with E-state index in [1.807, 2.05) is 6.26 Å². The highest BCUT2D eigenvalue weighted by Gasteiger charge is 2.42. The maximum atomic E-state index is 13.1. The minimum atomic E-state index is -1.01. The predicted molar refractivity (Wildman–Crippen MR) is 115 cm³/mol. The Hall–Kier alpha value is -3.46. The van der Waals surface area contributed by atoms with E-state index in [1.54, 1.807) is 24.3 Å². The maximum absolute atomic E-state index is 13.1. The van der Waals surface area contributed by atoms with Crippen LogP contribution in [0.5, 0.6) is 0 Å². The molecule has 0 aliphatic carbocycles. The van der Waals surface area contributed by atoms with Crippen LogP contribution in [0, 0.1) is 0 Å². The van der Waals surface area contributed by atoms with Crippen molar-refractivity contribution in [3.8, 4) is 0 Å². The standard InChI is InChI=1S/C22H19N3O5S/c1-24-19(27)15-8-7-12(11-16(15)20(24)28)23-18(26)17(9-10-31-2)25-21(29)13-5-3-4-6-14(13)22(25)30/h3-8,11,17H,9-10H2,1-2H3,(H,23,26)/t17-/m1/s1. The lowest BCUT2D eigenvalue weighted by molar-refractivity contribution is -0.120. The van der Waals surface area contributed by atoms with Crippen molar-refractivity contribution in [2.45, 2.75) is 12.5 Å². The molecule has 4 rings (SSSR count). The van der Waals surface area contributed by atoms with Crippen LogP contribution in [0.3, 0.4) is 0 Å². The van der Waals surface area contributed by atoms with E-state index >= 15 is 0 Å². The summed E-state index contributed by atoms with van der Waals surface area (Å²) >= 11 is 1.50. The molecule has 1 atom stereocenters. The van der Waals surface area contributed by atoms with Crippen molar-refractivity contribution >= 4 is 47.0 Å². The van der Waals surface area contributed by atoms with E-state index in [0.717, 1.165) is 9.80 Å². The molecule has 0 saturated heterocycles. The van der Waals surface area contributed by atoms with Crippen LogP contribution in [0.15, 0.2) is 42.5 Å². The Bertz CT molecular complexity index is 1110. The number of nitrogens with zero attached hydrogens (tertiary/aromatic N) is 2. The van der Waals surface area contributed by atoms with Crippen molar-refractivity contribution in [3.63, 3.8) is 0 Å². The summed E-state index contributed by atoms with van der Waals surface area (Å²) in [5.74, 6) is -1.82. The third kappa shape index (κ3) is 3.40. The fourth-order valence-electron chi connectivity index (χ4n) is 3.76. The van der Waals surface area contributed by atoms with Gasteiger partial charge in [0.15, 0.2) is 0 Å². The third-order valence-corrected chi connectivity index (χ3v) is 6.04. The largest absolute Gasteiger partial charge is 0.324 e. The SMILES string of the molecule is CSCC[C@H](C(=O)Nc1ccc2c(c1)C(=O)N(C)C2=O)N1C(=O)c2ccccc2C1=O. The highest BCUT2D eigenvalue weighted by atomic mass is 32.2. The second kappa shape index (κ2) is 7.99. The molecular weight excluding hydrogens is 418 g/mol. The molecule has 8 nitrogen and oxygen atoms in total. The monoisotopic (exact) mass is 437 g/mol. The van der Waals surface area contributed by atoms with Gasteiger partial charge in [-0.15, -0.1) is 0 Å². The maximum Gasteiger partial charge on any atom is 0.262 e. The number of hydrogen-bond acceptors (Lipinski definition) is 6. The van der Waals surface area contributed by atoms with E-state index in [2.05, 4.69) is 5.32 Å². The minimum absolute atomic E-state index is 0.201. The smallest absolute Gasteiger partial charge is 0.262 e. The second-order valence-electron chi connectivity index (χ2n) is 7.24. The van der Waals surface area contributed by atoms with E-state index in [9.17, 15) is 24.0 Å². The molecule has 158 valence electrons. The molecule has 0 unspecified atom stereocenters. The Labute approximate surface area is 182 Å². The molecule has 0 aromatic heterocycles. The molecule has 2 aromatic carbocycles. The first-order chi connectivity index (χ1) is 14.8. The van der Waals surface area contributed by atoms with Crippen LogP contribution in [0.25, 0.3) is 0 Å². The number of anilines is 1.